The van der Waals surface area contributed by atoms with E-state index in [2.05, 4.69) is 0 Å². The maximum atomic E-state index is 12.0. The van der Waals surface area contributed by atoms with Crippen LogP contribution in [0.5, 0.6) is 0 Å². The topological polar surface area (TPSA) is 66.4 Å². The zero-order valence-electron chi connectivity index (χ0n) is 8.62. The van der Waals surface area contributed by atoms with Crippen LogP contribution in [0.2, 0.25) is 4.34 Å². The lowest BCUT2D eigenvalue weighted by molar-refractivity contribution is -0.175. The highest BCUT2D eigenvalue weighted by Crippen LogP contribution is 2.21. The van der Waals surface area contributed by atoms with E-state index in [1.807, 2.05) is 0 Å². The van der Waals surface area contributed by atoms with E-state index in [0.29, 0.717) is 9.90 Å². The van der Waals surface area contributed by atoms with Crippen molar-refractivity contribution in [3.63, 3.8) is 0 Å². The van der Waals surface area contributed by atoms with Crippen LogP contribution in [0.1, 0.15) is 5.56 Å². The Bertz CT molecular complexity index is 460. The lowest BCUT2D eigenvalue weighted by atomic mass is 10.1. The SMILES string of the molecule is O=C(O)C(Cc1csc(Cl)c1)NC(=O)C(F)(F)F. The fourth-order valence-corrected chi connectivity index (χ4v) is 2.05. The third-order valence-corrected chi connectivity index (χ3v) is 3.06. The van der Waals surface area contributed by atoms with Gasteiger partial charge in [0, 0.05) is 6.42 Å². The molecule has 1 rings (SSSR count). The molecule has 4 nitrogen and oxygen atoms in total. The van der Waals surface area contributed by atoms with E-state index < -0.39 is 24.1 Å². The molecule has 0 spiro atoms. The van der Waals surface area contributed by atoms with Crippen LogP contribution in [-0.4, -0.2) is 29.2 Å². The van der Waals surface area contributed by atoms with Crippen molar-refractivity contribution >= 4 is 34.8 Å². The first kappa shape index (κ1) is 14.8. The molecule has 0 aliphatic carbocycles. The van der Waals surface area contributed by atoms with Gasteiger partial charge in [0.25, 0.3) is 0 Å². The predicted molar refractivity (Wildman–Crippen MR) is 58.7 cm³/mol. The molecule has 0 fully saturated rings. The van der Waals surface area contributed by atoms with Gasteiger partial charge in [-0.15, -0.1) is 11.3 Å². The minimum Gasteiger partial charge on any atom is -0.480 e. The van der Waals surface area contributed by atoms with Crippen molar-refractivity contribution in [2.75, 3.05) is 0 Å². The number of amides is 1. The Morgan fingerprint density at radius 2 is 2.11 bits per heavy atom. The number of halogens is 4. The van der Waals surface area contributed by atoms with Gasteiger partial charge >= 0.3 is 18.1 Å². The monoisotopic (exact) mass is 301 g/mol. The molecule has 0 saturated heterocycles. The Balaban J connectivity index is 2.73. The van der Waals surface area contributed by atoms with Gasteiger partial charge in [-0.1, -0.05) is 11.6 Å². The molecule has 1 aromatic heterocycles. The summed E-state index contributed by atoms with van der Waals surface area (Å²) in [5, 5.41) is 11.7. The summed E-state index contributed by atoms with van der Waals surface area (Å²) < 4.78 is 36.4. The number of nitrogens with one attached hydrogen (secondary N) is 1. The van der Waals surface area contributed by atoms with Crippen LogP contribution in [0.4, 0.5) is 13.2 Å². The molecule has 1 amide bonds. The third-order valence-electron chi connectivity index (χ3n) is 1.92. The number of carboxylic acids is 1. The summed E-state index contributed by atoms with van der Waals surface area (Å²) in [6.07, 6.45) is -5.37. The molecular formula is C9H7ClF3NO3S. The number of carbonyl (C=O) groups is 2. The molecule has 1 unspecified atom stereocenters. The molecular weight excluding hydrogens is 295 g/mol. The van der Waals surface area contributed by atoms with E-state index in [9.17, 15) is 22.8 Å². The fraction of sp³-hybridized carbons (Fsp3) is 0.333. The molecule has 2 N–H and O–H groups in total. The molecule has 1 atom stereocenters. The van der Waals surface area contributed by atoms with Crippen LogP contribution >= 0.6 is 22.9 Å². The van der Waals surface area contributed by atoms with Crippen molar-refractivity contribution in [1.29, 1.82) is 0 Å². The number of hydrogen-bond donors (Lipinski definition) is 2. The second-order valence-electron chi connectivity index (χ2n) is 3.33. The molecule has 0 aromatic carbocycles. The summed E-state index contributed by atoms with van der Waals surface area (Å²) in [5.41, 5.74) is 0.444. The molecule has 9 heteroatoms. The molecule has 0 radical (unpaired) electrons. The summed E-state index contributed by atoms with van der Waals surface area (Å²) >= 11 is 6.73. The Kier molecular flexibility index (Phi) is 4.58. The van der Waals surface area contributed by atoms with E-state index in [4.69, 9.17) is 16.7 Å². The van der Waals surface area contributed by atoms with Crippen molar-refractivity contribution in [3.05, 3.63) is 21.3 Å². The Morgan fingerprint density at radius 3 is 2.50 bits per heavy atom. The maximum absolute atomic E-state index is 12.0. The lowest BCUT2D eigenvalue weighted by Gasteiger charge is -2.14. The molecule has 1 aromatic rings. The first-order valence-electron chi connectivity index (χ1n) is 4.53. The van der Waals surface area contributed by atoms with Crippen molar-refractivity contribution in [1.82, 2.24) is 5.32 Å². The van der Waals surface area contributed by atoms with Gasteiger partial charge in [0.1, 0.15) is 6.04 Å². The van der Waals surface area contributed by atoms with Gasteiger partial charge in [-0.25, -0.2) is 4.79 Å². The minimum atomic E-state index is -5.11. The highest BCUT2D eigenvalue weighted by Gasteiger charge is 2.40. The van der Waals surface area contributed by atoms with Gasteiger partial charge in [0.15, 0.2) is 0 Å². The van der Waals surface area contributed by atoms with E-state index in [1.54, 1.807) is 0 Å². The second kappa shape index (κ2) is 5.57. The van der Waals surface area contributed by atoms with Gasteiger partial charge in [-0.05, 0) is 17.0 Å². The number of carboxylic acid groups (broad SMARTS) is 1. The average molecular weight is 302 g/mol. The van der Waals surface area contributed by atoms with Crippen LogP contribution in [-0.2, 0) is 16.0 Å². The van der Waals surface area contributed by atoms with Gasteiger partial charge < -0.3 is 10.4 Å². The van der Waals surface area contributed by atoms with E-state index >= 15 is 0 Å². The van der Waals surface area contributed by atoms with Gasteiger partial charge in [0.2, 0.25) is 0 Å². The first-order valence-corrected chi connectivity index (χ1v) is 5.79. The van der Waals surface area contributed by atoms with Crippen molar-refractivity contribution in [2.45, 2.75) is 18.6 Å². The van der Waals surface area contributed by atoms with Crippen LogP contribution in [0, 0.1) is 0 Å². The smallest absolute Gasteiger partial charge is 0.471 e. The normalized spacial score (nSPS) is 13.1. The number of hydrogen-bond acceptors (Lipinski definition) is 3. The first-order chi connectivity index (χ1) is 8.20. The minimum absolute atomic E-state index is 0.264. The largest absolute Gasteiger partial charge is 0.480 e. The van der Waals surface area contributed by atoms with Crippen molar-refractivity contribution in [2.24, 2.45) is 0 Å². The number of carbonyl (C=O) groups excluding carboxylic acids is 1. The molecule has 0 aliphatic rings. The Hall–Kier alpha value is -1.28. The zero-order chi connectivity index (χ0) is 13.9. The summed E-state index contributed by atoms with van der Waals surface area (Å²) in [7, 11) is 0. The standard InChI is InChI=1S/C9H7ClF3NO3S/c10-6-2-4(3-18-6)1-5(7(15)16)14-8(17)9(11,12)13/h2-3,5H,1H2,(H,14,17)(H,15,16). The second-order valence-corrected chi connectivity index (χ2v) is 4.87. The maximum Gasteiger partial charge on any atom is 0.471 e. The molecule has 18 heavy (non-hydrogen) atoms. The van der Waals surface area contributed by atoms with E-state index in [-0.39, 0.29) is 6.42 Å². The average Bonchev–Trinajstić information content (AvgIpc) is 2.61. The highest BCUT2D eigenvalue weighted by atomic mass is 35.5. The van der Waals surface area contributed by atoms with Crippen LogP contribution < -0.4 is 5.32 Å². The number of alkyl halides is 3. The van der Waals surface area contributed by atoms with Gasteiger partial charge in [-0.2, -0.15) is 13.2 Å². The molecule has 100 valence electrons. The zero-order valence-corrected chi connectivity index (χ0v) is 10.2. The summed E-state index contributed by atoms with van der Waals surface area (Å²) in [6, 6.07) is -0.216. The Labute approximate surface area is 108 Å². The fourth-order valence-electron chi connectivity index (χ4n) is 1.13. The van der Waals surface area contributed by atoms with E-state index in [0.717, 1.165) is 11.3 Å². The summed E-state index contributed by atoms with van der Waals surface area (Å²) in [4.78, 5) is 21.4. The highest BCUT2D eigenvalue weighted by molar-refractivity contribution is 7.14. The quantitative estimate of drug-likeness (QED) is 0.895. The van der Waals surface area contributed by atoms with Crippen LogP contribution in [0.25, 0.3) is 0 Å². The molecule has 1 heterocycles. The van der Waals surface area contributed by atoms with Crippen LogP contribution in [0.3, 0.4) is 0 Å². The van der Waals surface area contributed by atoms with Crippen LogP contribution in [0.15, 0.2) is 11.4 Å². The van der Waals surface area contributed by atoms with Gasteiger partial charge in [-0.3, -0.25) is 4.79 Å². The Morgan fingerprint density at radius 1 is 1.50 bits per heavy atom. The number of aliphatic carboxylic acids is 1. The summed E-state index contributed by atoms with van der Waals surface area (Å²) in [6.45, 7) is 0. The number of rotatable bonds is 4. The summed E-state index contributed by atoms with van der Waals surface area (Å²) in [5.74, 6) is -3.83. The third kappa shape index (κ3) is 4.19. The van der Waals surface area contributed by atoms with Crippen molar-refractivity contribution in [3.8, 4) is 0 Å². The molecule has 0 aliphatic heterocycles. The molecule has 0 bridgehead atoms. The van der Waals surface area contributed by atoms with Crippen molar-refractivity contribution < 1.29 is 27.9 Å². The molecule has 0 saturated carbocycles. The van der Waals surface area contributed by atoms with Gasteiger partial charge in [0.05, 0.1) is 4.34 Å². The lowest BCUT2D eigenvalue weighted by Crippen LogP contribution is -2.47. The number of thiophene rings is 1. The van der Waals surface area contributed by atoms with E-state index in [1.165, 1.54) is 16.8 Å². The predicted octanol–water partition coefficient (Wildman–Crippen LogP) is 2.08.